The van der Waals surface area contributed by atoms with E-state index in [2.05, 4.69) is 15.3 Å². The van der Waals surface area contributed by atoms with E-state index in [0.717, 1.165) is 11.0 Å². The van der Waals surface area contributed by atoms with Gasteiger partial charge in [-0.15, -0.1) is 0 Å². The van der Waals surface area contributed by atoms with Crippen molar-refractivity contribution in [1.29, 1.82) is 0 Å². The van der Waals surface area contributed by atoms with E-state index < -0.39 is 0 Å². The highest BCUT2D eigenvalue weighted by Crippen LogP contribution is 2.12. The second-order valence-corrected chi connectivity index (χ2v) is 4.74. The highest BCUT2D eigenvalue weighted by Gasteiger charge is 2.14. The van der Waals surface area contributed by atoms with E-state index in [4.69, 9.17) is 0 Å². The Bertz CT molecular complexity index is 867. The van der Waals surface area contributed by atoms with Crippen LogP contribution in [0, 0.1) is 0 Å². The SMILES string of the molecule is CCn1c(=O)n(CC(=O)Nc2cnccn2)c2ccccc21. The summed E-state index contributed by atoms with van der Waals surface area (Å²) in [7, 11) is 0. The molecule has 112 valence electrons. The van der Waals surface area contributed by atoms with Crippen molar-refractivity contribution in [3.8, 4) is 0 Å². The van der Waals surface area contributed by atoms with Gasteiger partial charge in [0.15, 0.2) is 5.82 Å². The summed E-state index contributed by atoms with van der Waals surface area (Å²) in [6.45, 7) is 2.39. The molecule has 2 aromatic heterocycles. The molecule has 1 aromatic carbocycles. The standard InChI is InChI=1S/C15H15N5O2/c1-2-19-11-5-3-4-6-12(11)20(15(19)22)10-14(21)18-13-9-16-7-8-17-13/h3-9H,2,10H2,1H3,(H,17,18,21). The van der Waals surface area contributed by atoms with Crippen molar-refractivity contribution in [3.05, 3.63) is 53.3 Å². The Labute approximate surface area is 126 Å². The topological polar surface area (TPSA) is 81.8 Å². The number of imidazole rings is 1. The van der Waals surface area contributed by atoms with Crippen molar-refractivity contribution in [3.63, 3.8) is 0 Å². The molecule has 0 aliphatic carbocycles. The van der Waals surface area contributed by atoms with Crippen molar-refractivity contribution in [2.24, 2.45) is 0 Å². The van der Waals surface area contributed by atoms with Crippen LogP contribution in [0.15, 0.2) is 47.7 Å². The molecule has 1 N–H and O–H groups in total. The first-order valence-electron chi connectivity index (χ1n) is 6.94. The lowest BCUT2D eigenvalue weighted by Crippen LogP contribution is -2.29. The van der Waals surface area contributed by atoms with Gasteiger partial charge in [-0.05, 0) is 19.1 Å². The van der Waals surface area contributed by atoms with Crippen LogP contribution in [0.4, 0.5) is 5.82 Å². The number of aromatic nitrogens is 4. The maximum atomic E-state index is 12.4. The first kappa shape index (κ1) is 14.0. The molecule has 3 aromatic rings. The van der Waals surface area contributed by atoms with Gasteiger partial charge in [0.05, 0.1) is 17.2 Å². The summed E-state index contributed by atoms with van der Waals surface area (Å²) >= 11 is 0. The molecule has 0 bridgehead atoms. The van der Waals surface area contributed by atoms with E-state index in [1.807, 2.05) is 31.2 Å². The van der Waals surface area contributed by atoms with Gasteiger partial charge in [0.25, 0.3) is 0 Å². The molecule has 7 nitrogen and oxygen atoms in total. The smallest absolute Gasteiger partial charge is 0.308 e. The summed E-state index contributed by atoms with van der Waals surface area (Å²) < 4.78 is 3.11. The average molecular weight is 297 g/mol. The number of aryl methyl sites for hydroxylation is 1. The number of fused-ring (bicyclic) bond motifs is 1. The van der Waals surface area contributed by atoms with E-state index in [9.17, 15) is 9.59 Å². The summed E-state index contributed by atoms with van der Waals surface area (Å²) in [6.07, 6.45) is 4.47. The minimum absolute atomic E-state index is 0.0665. The molecule has 0 fully saturated rings. The third-order valence-electron chi connectivity index (χ3n) is 3.37. The van der Waals surface area contributed by atoms with Crippen LogP contribution in [-0.2, 0) is 17.9 Å². The van der Waals surface area contributed by atoms with Crippen LogP contribution in [0.2, 0.25) is 0 Å². The Morgan fingerprint density at radius 2 is 1.91 bits per heavy atom. The molecular formula is C15H15N5O2. The molecule has 0 aliphatic rings. The minimum atomic E-state index is -0.318. The zero-order valence-corrected chi connectivity index (χ0v) is 12.1. The van der Waals surface area contributed by atoms with Crippen LogP contribution >= 0.6 is 0 Å². The predicted molar refractivity (Wildman–Crippen MR) is 82.5 cm³/mol. The van der Waals surface area contributed by atoms with Gasteiger partial charge in [0.2, 0.25) is 5.91 Å². The number of benzene rings is 1. The third-order valence-corrected chi connectivity index (χ3v) is 3.37. The van der Waals surface area contributed by atoms with Crippen LogP contribution in [0.25, 0.3) is 11.0 Å². The Hall–Kier alpha value is -2.96. The fourth-order valence-corrected chi connectivity index (χ4v) is 2.42. The van der Waals surface area contributed by atoms with E-state index in [1.54, 1.807) is 4.57 Å². The van der Waals surface area contributed by atoms with Gasteiger partial charge in [0.1, 0.15) is 6.54 Å². The largest absolute Gasteiger partial charge is 0.329 e. The van der Waals surface area contributed by atoms with Crippen molar-refractivity contribution in [2.75, 3.05) is 5.32 Å². The summed E-state index contributed by atoms with van der Waals surface area (Å²) in [6, 6.07) is 7.42. The number of carbonyl (C=O) groups excluding carboxylic acids is 1. The Morgan fingerprint density at radius 1 is 1.18 bits per heavy atom. The molecule has 2 heterocycles. The highest BCUT2D eigenvalue weighted by molar-refractivity contribution is 5.90. The maximum Gasteiger partial charge on any atom is 0.329 e. The number of rotatable bonds is 4. The summed E-state index contributed by atoms with van der Waals surface area (Å²) in [5, 5.41) is 2.63. The van der Waals surface area contributed by atoms with Crippen molar-refractivity contribution < 1.29 is 4.79 Å². The molecule has 7 heteroatoms. The Morgan fingerprint density at radius 3 is 2.55 bits per heavy atom. The van der Waals surface area contributed by atoms with Crippen LogP contribution in [0.1, 0.15) is 6.92 Å². The van der Waals surface area contributed by atoms with Gasteiger partial charge < -0.3 is 5.32 Å². The van der Waals surface area contributed by atoms with Gasteiger partial charge in [-0.1, -0.05) is 12.1 Å². The second kappa shape index (κ2) is 5.80. The van der Waals surface area contributed by atoms with E-state index in [1.165, 1.54) is 23.2 Å². The fourth-order valence-electron chi connectivity index (χ4n) is 2.42. The molecule has 0 aliphatic heterocycles. The zero-order chi connectivity index (χ0) is 15.5. The van der Waals surface area contributed by atoms with E-state index >= 15 is 0 Å². The van der Waals surface area contributed by atoms with Crippen molar-refractivity contribution in [1.82, 2.24) is 19.1 Å². The van der Waals surface area contributed by atoms with Crippen molar-refractivity contribution >= 4 is 22.8 Å². The monoisotopic (exact) mass is 297 g/mol. The number of anilines is 1. The summed E-state index contributed by atoms with van der Waals surface area (Å²) in [5.41, 5.74) is 1.36. The number of nitrogens with one attached hydrogen (secondary N) is 1. The summed E-state index contributed by atoms with van der Waals surface area (Å²) in [4.78, 5) is 32.4. The zero-order valence-electron chi connectivity index (χ0n) is 12.1. The Balaban J connectivity index is 1.92. The maximum absolute atomic E-state index is 12.4. The summed E-state index contributed by atoms with van der Waals surface area (Å²) in [5.74, 6) is 0.0429. The first-order valence-corrected chi connectivity index (χ1v) is 6.94. The lowest BCUT2D eigenvalue weighted by atomic mass is 10.3. The number of nitrogens with zero attached hydrogens (tertiary/aromatic N) is 4. The number of para-hydroxylation sites is 2. The molecule has 0 spiro atoms. The van der Waals surface area contributed by atoms with Gasteiger partial charge in [-0.25, -0.2) is 9.78 Å². The molecule has 22 heavy (non-hydrogen) atoms. The molecular weight excluding hydrogens is 282 g/mol. The van der Waals surface area contributed by atoms with Gasteiger partial charge in [-0.2, -0.15) is 0 Å². The normalized spacial score (nSPS) is 10.8. The Kier molecular flexibility index (Phi) is 3.69. The molecule has 0 saturated heterocycles. The molecule has 0 unspecified atom stereocenters. The van der Waals surface area contributed by atoms with Crippen molar-refractivity contribution in [2.45, 2.75) is 20.0 Å². The molecule has 0 atom stereocenters. The molecule has 0 saturated carbocycles. The molecule has 3 rings (SSSR count). The number of amides is 1. The molecule has 0 radical (unpaired) electrons. The fraction of sp³-hybridized carbons (Fsp3) is 0.200. The van der Waals surface area contributed by atoms with Gasteiger partial charge in [-0.3, -0.25) is 18.9 Å². The number of carbonyl (C=O) groups is 1. The number of hydrogen-bond donors (Lipinski definition) is 1. The van der Waals surface area contributed by atoms with Crippen LogP contribution in [-0.4, -0.2) is 25.0 Å². The second-order valence-electron chi connectivity index (χ2n) is 4.74. The van der Waals surface area contributed by atoms with Gasteiger partial charge in [0, 0.05) is 18.9 Å². The molecule has 1 amide bonds. The van der Waals surface area contributed by atoms with E-state index in [-0.39, 0.29) is 18.1 Å². The van der Waals surface area contributed by atoms with Crippen LogP contribution in [0.5, 0.6) is 0 Å². The van der Waals surface area contributed by atoms with Gasteiger partial charge >= 0.3 is 5.69 Å². The lowest BCUT2D eigenvalue weighted by Gasteiger charge is -2.04. The average Bonchev–Trinajstić information content (AvgIpc) is 2.80. The van der Waals surface area contributed by atoms with Crippen LogP contribution in [0.3, 0.4) is 0 Å². The first-order chi connectivity index (χ1) is 10.7. The minimum Gasteiger partial charge on any atom is -0.308 e. The van der Waals surface area contributed by atoms with Crippen LogP contribution < -0.4 is 11.0 Å². The third kappa shape index (κ3) is 2.48. The number of hydrogen-bond acceptors (Lipinski definition) is 4. The van der Waals surface area contributed by atoms with E-state index in [0.29, 0.717) is 12.4 Å². The lowest BCUT2D eigenvalue weighted by molar-refractivity contribution is -0.116. The quantitative estimate of drug-likeness (QED) is 0.786. The predicted octanol–water partition coefficient (Wildman–Crippen LogP) is 1.25. The highest BCUT2D eigenvalue weighted by atomic mass is 16.2.